The molecule has 1 aliphatic heterocycles. The number of hydrogen-bond acceptors (Lipinski definition) is 3. The fourth-order valence-electron chi connectivity index (χ4n) is 2.26. The number of hydrogen-bond donors (Lipinski definition) is 1. The van der Waals surface area contributed by atoms with E-state index in [1.165, 1.54) is 4.90 Å². The van der Waals surface area contributed by atoms with E-state index in [9.17, 15) is 18.0 Å². The average molecular weight is 372 g/mol. The number of benzene rings is 1. The van der Waals surface area contributed by atoms with Crippen LogP contribution in [0.2, 0.25) is 5.02 Å². The van der Waals surface area contributed by atoms with Crippen molar-refractivity contribution >= 4 is 23.3 Å². The number of para-hydroxylation sites is 1. The summed E-state index contributed by atoms with van der Waals surface area (Å²) < 4.78 is 43.3. The first-order chi connectivity index (χ1) is 11.8. The second-order valence-electron chi connectivity index (χ2n) is 5.44. The Morgan fingerprint density at radius 3 is 2.68 bits per heavy atom. The van der Waals surface area contributed by atoms with E-state index in [0.717, 1.165) is 18.3 Å². The van der Waals surface area contributed by atoms with Crippen LogP contribution in [0.1, 0.15) is 5.56 Å². The molecule has 1 aromatic carbocycles. The number of urea groups is 1. The Labute approximate surface area is 146 Å². The normalized spacial score (nSPS) is 14.8. The van der Waals surface area contributed by atoms with Crippen molar-refractivity contribution in [2.45, 2.75) is 12.3 Å². The minimum atomic E-state index is -4.46. The van der Waals surface area contributed by atoms with Crippen molar-refractivity contribution in [2.24, 2.45) is 0 Å². The molecule has 132 valence electrons. The zero-order valence-corrected chi connectivity index (χ0v) is 13.5. The molecule has 1 saturated heterocycles. The van der Waals surface area contributed by atoms with Crippen LogP contribution in [-0.4, -0.2) is 35.1 Å². The molecule has 0 saturated carbocycles. The minimum absolute atomic E-state index is 0.119. The molecule has 1 N–H and O–H groups in total. The second kappa shape index (κ2) is 6.79. The predicted octanol–water partition coefficient (Wildman–Crippen LogP) is 4.05. The molecule has 0 spiro atoms. The lowest BCUT2D eigenvalue weighted by molar-refractivity contribution is -0.137. The molecule has 1 aliphatic rings. The van der Waals surface area contributed by atoms with Gasteiger partial charge in [0, 0.05) is 12.3 Å². The van der Waals surface area contributed by atoms with E-state index < -0.39 is 17.8 Å². The molecule has 0 atom stereocenters. The van der Waals surface area contributed by atoms with Crippen LogP contribution in [-0.2, 0) is 6.18 Å². The Morgan fingerprint density at radius 2 is 2.00 bits per heavy atom. The third kappa shape index (κ3) is 4.14. The van der Waals surface area contributed by atoms with Crippen molar-refractivity contribution in [2.75, 3.05) is 18.4 Å². The lowest BCUT2D eigenvalue weighted by atomic mass is 10.2. The molecule has 0 radical (unpaired) electrons. The molecule has 2 aromatic rings. The fourth-order valence-corrected chi connectivity index (χ4v) is 2.44. The second-order valence-corrected chi connectivity index (χ2v) is 5.84. The third-order valence-electron chi connectivity index (χ3n) is 3.60. The van der Waals surface area contributed by atoms with Gasteiger partial charge in [0.25, 0.3) is 0 Å². The zero-order valence-electron chi connectivity index (χ0n) is 12.8. The Bertz CT molecular complexity index is 779. The monoisotopic (exact) mass is 371 g/mol. The van der Waals surface area contributed by atoms with E-state index >= 15 is 0 Å². The van der Waals surface area contributed by atoms with Gasteiger partial charge in [-0.15, -0.1) is 0 Å². The number of likely N-dealkylation sites (tertiary alicyclic amines) is 1. The molecule has 0 aliphatic carbocycles. The first-order valence-electron chi connectivity index (χ1n) is 7.33. The molecule has 1 fully saturated rings. The number of halogens is 4. The summed E-state index contributed by atoms with van der Waals surface area (Å²) in [7, 11) is 0. The highest BCUT2D eigenvalue weighted by Gasteiger charge is 2.34. The number of carbonyl (C=O) groups excluding carboxylic acids is 1. The molecular weight excluding hydrogens is 359 g/mol. The van der Waals surface area contributed by atoms with Crippen molar-refractivity contribution < 1.29 is 22.7 Å². The van der Waals surface area contributed by atoms with Gasteiger partial charge in [-0.2, -0.15) is 13.2 Å². The smallest absolute Gasteiger partial charge is 0.416 e. The van der Waals surface area contributed by atoms with Crippen LogP contribution >= 0.6 is 11.6 Å². The van der Waals surface area contributed by atoms with E-state index in [-0.39, 0.29) is 25.0 Å². The van der Waals surface area contributed by atoms with Gasteiger partial charge in [0.2, 0.25) is 5.88 Å². The Balaban J connectivity index is 1.53. The number of alkyl halides is 3. The van der Waals surface area contributed by atoms with Crippen LogP contribution in [0.15, 0.2) is 42.6 Å². The van der Waals surface area contributed by atoms with Crippen LogP contribution in [0, 0.1) is 0 Å². The first kappa shape index (κ1) is 17.3. The molecule has 0 bridgehead atoms. The van der Waals surface area contributed by atoms with E-state index in [2.05, 4.69) is 10.3 Å². The summed E-state index contributed by atoms with van der Waals surface area (Å²) in [6.07, 6.45) is -3.83. The van der Waals surface area contributed by atoms with Crippen LogP contribution < -0.4 is 10.1 Å². The Hall–Kier alpha value is -2.48. The van der Waals surface area contributed by atoms with Gasteiger partial charge in [0.1, 0.15) is 6.10 Å². The van der Waals surface area contributed by atoms with Gasteiger partial charge >= 0.3 is 12.2 Å². The average Bonchev–Trinajstić information content (AvgIpc) is 2.52. The topological polar surface area (TPSA) is 54.5 Å². The first-order valence-corrected chi connectivity index (χ1v) is 7.71. The van der Waals surface area contributed by atoms with Crippen molar-refractivity contribution in [1.29, 1.82) is 0 Å². The van der Waals surface area contributed by atoms with Gasteiger partial charge < -0.3 is 15.0 Å². The van der Waals surface area contributed by atoms with E-state index in [4.69, 9.17) is 16.3 Å². The van der Waals surface area contributed by atoms with Crippen LogP contribution in [0.3, 0.4) is 0 Å². The standard InChI is InChI=1S/C16H13ClF3N3O2/c17-12-3-1-2-4-13(12)22-15(24)23-8-11(9-23)25-14-7-10(5-6-21-14)16(18,19)20/h1-7,11H,8-9H2,(H,22,24). The summed E-state index contributed by atoms with van der Waals surface area (Å²) >= 11 is 5.96. The summed E-state index contributed by atoms with van der Waals surface area (Å²) in [4.78, 5) is 17.3. The lowest BCUT2D eigenvalue weighted by Crippen LogP contribution is -2.57. The summed E-state index contributed by atoms with van der Waals surface area (Å²) in [6.45, 7) is 0.489. The van der Waals surface area contributed by atoms with Crippen molar-refractivity contribution in [3.8, 4) is 5.88 Å². The zero-order chi connectivity index (χ0) is 18.0. The number of aromatic nitrogens is 1. The SMILES string of the molecule is O=C(Nc1ccccc1Cl)N1CC(Oc2cc(C(F)(F)F)ccn2)C1. The highest BCUT2D eigenvalue weighted by Crippen LogP contribution is 2.31. The number of pyridine rings is 1. The summed E-state index contributed by atoms with van der Waals surface area (Å²) in [5.41, 5.74) is -0.344. The maximum atomic E-state index is 12.7. The van der Waals surface area contributed by atoms with Gasteiger partial charge in [0.15, 0.2) is 0 Å². The molecule has 0 unspecified atom stereocenters. The number of anilines is 1. The molecule has 2 heterocycles. The van der Waals surface area contributed by atoms with Gasteiger partial charge in [0.05, 0.1) is 29.4 Å². The van der Waals surface area contributed by atoms with Gasteiger partial charge in [-0.25, -0.2) is 9.78 Å². The van der Waals surface area contributed by atoms with Gasteiger partial charge in [-0.1, -0.05) is 23.7 Å². The van der Waals surface area contributed by atoms with Crippen molar-refractivity contribution in [1.82, 2.24) is 9.88 Å². The molecule has 25 heavy (non-hydrogen) atoms. The number of ether oxygens (including phenoxy) is 1. The Kier molecular flexibility index (Phi) is 4.71. The minimum Gasteiger partial charge on any atom is -0.471 e. The van der Waals surface area contributed by atoms with E-state index in [1.807, 2.05) is 0 Å². The fraction of sp³-hybridized carbons (Fsp3) is 0.250. The van der Waals surface area contributed by atoms with Crippen LogP contribution in [0.5, 0.6) is 5.88 Å². The lowest BCUT2D eigenvalue weighted by Gasteiger charge is -2.38. The maximum Gasteiger partial charge on any atom is 0.416 e. The highest BCUT2D eigenvalue weighted by molar-refractivity contribution is 6.33. The third-order valence-corrected chi connectivity index (χ3v) is 3.93. The van der Waals surface area contributed by atoms with E-state index in [0.29, 0.717) is 10.7 Å². The largest absolute Gasteiger partial charge is 0.471 e. The highest BCUT2D eigenvalue weighted by atomic mass is 35.5. The van der Waals surface area contributed by atoms with Crippen molar-refractivity contribution in [3.05, 3.63) is 53.2 Å². The van der Waals surface area contributed by atoms with E-state index in [1.54, 1.807) is 24.3 Å². The summed E-state index contributed by atoms with van der Waals surface area (Å²) in [6, 6.07) is 8.16. The summed E-state index contributed by atoms with van der Waals surface area (Å²) in [5.74, 6) is -0.119. The number of rotatable bonds is 3. The molecule has 1 aromatic heterocycles. The molecule has 5 nitrogen and oxygen atoms in total. The summed E-state index contributed by atoms with van der Waals surface area (Å²) in [5, 5.41) is 3.07. The molecule has 9 heteroatoms. The number of amides is 2. The molecule has 3 rings (SSSR count). The van der Waals surface area contributed by atoms with Gasteiger partial charge in [-0.05, 0) is 18.2 Å². The number of nitrogens with zero attached hydrogens (tertiary/aromatic N) is 2. The maximum absolute atomic E-state index is 12.7. The quantitative estimate of drug-likeness (QED) is 0.885. The van der Waals surface area contributed by atoms with Crippen LogP contribution in [0.25, 0.3) is 0 Å². The van der Waals surface area contributed by atoms with Gasteiger partial charge in [-0.3, -0.25) is 0 Å². The number of carbonyl (C=O) groups is 1. The predicted molar refractivity (Wildman–Crippen MR) is 85.7 cm³/mol. The van der Waals surface area contributed by atoms with Crippen LogP contribution in [0.4, 0.5) is 23.7 Å². The molecular formula is C16H13ClF3N3O2. The number of nitrogens with one attached hydrogen (secondary N) is 1. The Morgan fingerprint density at radius 1 is 1.28 bits per heavy atom. The molecule has 2 amide bonds. The van der Waals surface area contributed by atoms with Crippen molar-refractivity contribution in [3.63, 3.8) is 0 Å².